The van der Waals surface area contributed by atoms with Gasteiger partial charge in [0.25, 0.3) is 5.09 Å². The van der Waals surface area contributed by atoms with Crippen LogP contribution in [0.3, 0.4) is 0 Å². The molecule has 0 radical (unpaired) electrons. The molecule has 2 aromatic rings. The standard InChI is InChI=1S/C20H21NO8/c1-20(19(22)23,13-5-3-12-8-14(26-2)6-4-11(12)7-13)15-10-27-16-9-17(28-18(15)16)29-21(24)25/h3-8,15-18H,9-10H2,1-2H3,(H,22,23)/t15-,16?,17?,18?,20-/m1/s1. The van der Waals surface area contributed by atoms with Crippen LogP contribution in [0.5, 0.6) is 5.75 Å². The molecule has 0 spiro atoms. The molecule has 0 amide bonds. The van der Waals surface area contributed by atoms with Crippen molar-refractivity contribution in [2.45, 2.75) is 37.3 Å². The van der Waals surface area contributed by atoms with E-state index in [0.29, 0.717) is 5.56 Å². The molecule has 2 fully saturated rings. The van der Waals surface area contributed by atoms with Crippen LogP contribution in [0.1, 0.15) is 18.9 Å². The maximum absolute atomic E-state index is 12.4. The summed E-state index contributed by atoms with van der Waals surface area (Å²) >= 11 is 0. The second kappa shape index (κ2) is 7.16. The number of ether oxygens (including phenoxy) is 3. The summed E-state index contributed by atoms with van der Waals surface area (Å²) in [5.41, 5.74) is -0.698. The van der Waals surface area contributed by atoms with Gasteiger partial charge in [-0.1, -0.05) is 18.2 Å². The smallest absolute Gasteiger partial charge is 0.314 e. The number of hydrogen-bond acceptors (Lipinski definition) is 7. The van der Waals surface area contributed by atoms with Gasteiger partial charge in [-0.15, -0.1) is 10.1 Å². The van der Waals surface area contributed by atoms with Crippen LogP contribution >= 0.6 is 0 Å². The fourth-order valence-corrected chi connectivity index (χ4v) is 4.31. The van der Waals surface area contributed by atoms with E-state index in [2.05, 4.69) is 4.84 Å². The molecule has 0 aromatic heterocycles. The number of rotatable bonds is 6. The van der Waals surface area contributed by atoms with Gasteiger partial charge in [0.15, 0.2) is 0 Å². The van der Waals surface area contributed by atoms with Gasteiger partial charge in [0, 0.05) is 12.3 Å². The molecule has 0 aliphatic carbocycles. The van der Waals surface area contributed by atoms with Gasteiger partial charge in [0.05, 0.1) is 31.3 Å². The summed E-state index contributed by atoms with van der Waals surface area (Å²) < 4.78 is 16.6. The first-order valence-corrected chi connectivity index (χ1v) is 9.23. The monoisotopic (exact) mass is 403 g/mol. The van der Waals surface area contributed by atoms with E-state index in [9.17, 15) is 20.0 Å². The van der Waals surface area contributed by atoms with Gasteiger partial charge in [0.1, 0.15) is 5.75 Å². The van der Waals surface area contributed by atoms with Crippen molar-refractivity contribution in [2.24, 2.45) is 5.92 Å². The summed E-state index contributed by atoms with van der Waals surface area (Å²) in [4.78, 5) is 27.6. The van der Waals surface area contributed by atoms with Crippen molar-refractivity contribution in [1.29, 1.82) is 0 Å². The lowest BCUT2D eigenvalue weighted by molar-refractivity contribution is -0.779. The summed E-state index contributed by atoms with van der Waals surface area (Å²) in [7, 11) is 1.59. The molecule has 154 valence electrons. The van der Waals surface area contributed by atoms with Gasteiger partial charge in [-0.3, -0.25) is 9.63 Å². The number of carboxylic acids is 1. The highest BCUT2D eigenvalue weighted by Gasteiger charge is 2.57. The number of aliphatic carboxylic acids is 1. The molecule has 0 bridgehead atoms. The highest BCUT2D eigenvalue weighted by Crippen LogP contribution is 2.45. The molecular formula is C20H21NO8. The lowest BCUT2D eigenvalue weighted by atomic mass is 9.69. The molecule has 4 rings (SSSR count). The quantitative estimate of drug-likeness (QED) is 0.578. The lowest BCUT2D eigenvalue weighted by Crippen LogP contribution is -2.46. The van der Waals surface area contributed by atoms with Crippen LogP contribution in [-0.2, 0) is 24.5 Å². The number of methoxy groups -OCH3 is 1. The third kappa shape index (κ3) is 3.26. The Bertz CT molecular complexity index is 963. The van der Waals surface area contributed by atoms with Gasteiger partial charge in [0.2, 0.25) is 6.29 Å². The fraction of sp³-hybridized carbons (Fsp3) is 0.450. The highest BCUT2D eigenvalue weighted by atomic mass is 17.0. The van der Waals surface area contributed by atoms with Crippen LogP contribution < -0.4 is 4.74 Å². The van der Waals surface area contributed by atoms with Gasteiger partial charge >= 0.3 is 5.97 Å². The summed E-state index contributed by atoms with van der Waals surface area (Å²) in [6.07, 6.45) is -1.90. The first kappa shape index (κ1) is 19.4. The van der Waals surface area contributed by atoms with E-state index < -0.39 is 40.9 Å². The van der Waals surface area contributed by atoms with E-state index >= 15 is 0 Å². The first-order valence-electron chi connectivity index (χ1n) is 9.23. The lowest BCUT2D eigenvalue weighted by Gasteiger charge is -2.34. The van der Waals surface area contributed by atoms with Crippen molar-refractivity contribution in [1.82, 2.24) is 0 Å². The topological polar surface area (TPSA) is 117 Å². The predicted molar refractivity (Wildman–Crippen MR) is 100 cm³/mol. The van der Waals surface area contributed by atoms with Crippen LogP contribution in [0, 0.1) is 16.0 Å². The predicted octanol–water partition coefficient (Wildman–Crippen LogP) is 2.53. The van der Waals surface area contributed by atoms with Crippen molar-refractivity contribution in [3.05, 3.63) is 52.1 Å². The average molecular weight is 403 g/mol. The minimum absolute atomic E-state index is 0.184. The Labute approximate surface area is 166 Å². The van der Waals surface area contributed by atoms with E-state index in [4.69, 9.17) is 14.2 Å². The van der Waals surface area contributed by atoms with Gasteiger partial charge < -0.3 is 19.3 Å². The summed E-state index contributed by atoms with van der Waals surface area (Å²) in [5, 5.41) is 21.7. The minimum atomic E-state index is -1.31. The number of fused-ring (bicyclic) bond motifs is 2. The third-order valence-electron chi connectivity index (χ3n) is 6.02. The molecule has 29 heavy (non-hydrogen) atoms. The fourth-order valence-electron chi connectivity index (χ4n) is 4.31. The Kier molecular flexibility index (Phi) is 4.79. The van der Waals surface area contributed by atoms with Crippen LogP contribution in [-0.4, -0.2) is 48.4 Å². The van der Waals surface area contributed by atoms with Crippen LogP contribution in [0.2, 0.25) is 0 Å². The highest BCUT2D eigenvalue weighted by molar-refractivity contribution is 5.88. The van der Waals surface area contributed by atoms with Crippen LogP contribution in [0.4, 0.5) is 0 Å². The van der Waals surface area contributed by atoms with Crippen molar-refractivity contribution < 1.29 is 34.0 Å². The van der Waals surface area contributed by atoms with E-state index in [1.807, 2.05) is 30.3 Å². The molecule has 2 aromatic carbocycles. The molecule has 9 nitrogen and oxygen atoms in total. The Morgan fingerprint density at radius 1 is 1.28 bits per heavy atom. The van der Waals surface area contributed by atoms with Crippen molar-refractivity contribution in [3.63, 3.8) is 0 Å². The van der Waals surface area contributed by atoms with E-state index in [1.54, 1.807) is 20.1 Å². The van der Waals surface area contributed by atoms with Crippen molar-refractivity contribution >= 4 is 16.7 Å². The minimum Gasteiger partial charge on any atom is -0.497 e. The molecule has 0 saturated carbocycles. The summed E-state index contributed by atoms with van der Waals surface area (Å²) in [5.74, 6) is -0.822. The molecule has 9 heteroatoms. The number of nitrogens with zero attached hydrogens (tertiary/aromatic N) is 1. The van der Waals surface area contributed by atoms with Crippen molar-refractivity contribution in [3.8, 4) is 5.75 Å². The molecule has 2 aliphatic rings. The first-order chi connectivity index (χ1) is 13.8. The molecule has 1 N–H and O–H groups in total. The zero-order valence-electron chi connectivity index (χ0n) is 15.9. The maximum Gasteiger partial charge on any atom is 0.314 e. The normalized spacial score (nSPS) is 27.9. The molecule has 2 aliphatic heterocycles. The maximum atomic E-state index is 12.4. The van der Waals surface area contributed by atoms with E-state index in [-0.39, 0.29) is 13.0 Å². The molecule has 2 saturated heterocycles. The van der Waals surface area contributed by atoms with Crippen LogP contribution in [0.25, 0.3) is 10.8 Å². The second-order valence-corrected chi connectivity index (χ2v) is 7.51. The van der Waals surface area contributed by atoms with Gasteiger partial charge in [-0.2, -0.15) is 0 Å². The van der Waals surface area contributed by atoms with Crippen molar-refractivity contribution in [2.75, 3.05) is 13.7 Å². The number of carbonyl (C=O) groups is 1. The Morgan fingerprint density at radius 3 is 2.69 bits per heavy atom. The van der Waals surface area contributed by atoms with Gasteiger partial charge in [-0.05, 0) is 41.5 Å². The summed E-state index contributed by atoms with van der Waals surface area (Å²) in [6.45, 7) is 1.82. The van der Waals surface area contributed by atoms with E-state index in [1.165, 1.54) is 0 Å². The number of benzene rings is 2. The molecule has 2 heterocycles. The Morgan fingerprint density at radius 2 is 2.00 bits per heavy atom. The number of hydrogen-bond donors (Lipinski definition) is 1. The van der Waals surface area contributed by atoms with Gasteiger partial charge in [-0.25, -0.2) is 0 Å². The summed E-state index contributed by atoms with van der Waals surface area (Å²) in [6, 6.07) is 11.1. The van der Waals surface area contributed by atoms with E-state index in [0.717, 1.165) is 16.5 Å². The second-order valence-electron chi connectivity index (χ2n) is 7.51. The molecule has 3 unspecified atom stereocenters. The number of carboxylic acid groups (broad SMARTS) is 1. The SMILES string of the molecule is COc1ccc2cc([C@@](C)(C(=O)O)[C@@H]3COC4CC(O[N+](=O)[O-])OC43)ccc2c1. The third-order valence-corrected chi connectivity index (χ3v) is 6.02. The molecule has 5 atom stereocenters. The van der Waals surface area contributed by atoms with Crippen LogP contribution in [0.15, 0.2) is 36.4 Å². The molecular weight excluding hydrogens is 382 g/mol. The average Bonchev–Trinajstić information content (AvgIpc) is 3.25. The Hall–Kier alpha value is -2.91. The Balaban J connectivity index is 1.68. The zero-order valence-corrected chi connectivity index (χ0v) is 15.9. The largest absolute Gasteiger partial charge is 0.497 e. The zero-order chi connectivity index (χ0) is 20.8.